The van der Waals surface area contributed by atoms with Crippen molar-refractivity contribution in [3.05, 3.63) is 70.8 Å². The van der Waals surface area contributed by atoms with Crippen LogP contribution in [0.3, 0.4) is 0 Å². The van der Waals surface area contributed by atoms with Crippen LogP contribution in [0.15, 0.2) is 48.5 Å². The SMILES string of the molecule is O=C(O)c1ccc(C(=O)O)cc1.O=C1OCCCCOC(=O)c2ccc1cc2. The summed E-state index contributed by atoms with van der Waals surface area (Å²) in [5.41, 5.74) is 1.08. The molecule has 0 aliphatic carbocycles. The monoisotopic (exact) mass is 386 g/mol. The van der Waals surface area contributed by atoms with Gasteiger partial charge in [0.05, 0.1) is 35.5 Å². The van der Waals surface area contributed by atoms with Gasteiger partial charge in [0.15, 0.2) is 0 Å². The number of aromatic carboxylic acids is 2. The Morgan fingerprint density at radius 1 is 0.643 bits per heavy atom. The molecule has 146 valence electrons. The summed E-state index contributed by atoms with van der Waals surface area (Å²) in [5, 5.41) is 16.9. The van der Waals surface area contributed by atoms with Gasteiger partial charge in [-0.2, -0.15) is 0 Å². The quantitative estimate of drug-likeness (QED) is 0.754. The summed E-state index contributed by atoms with van der Waals surface area (Å²) < 4.78 is 10.1. The summed E-state index contributed by atoms with van der Waals surface area (Å²) >= 11 is 0. The second-order valence-electron chi connectivity index (χ2n) is 5.74. The van der Waals surface area contributed by atoms with Crippen LogP contribution in [-0.2, 0) is 9.47 Å². The molecule has 2 heterocycles. The van der Waals surface area contributed by atoms with E-state index < -0.39 is 11.9 Å². The van der Waals surface area contributed by atoms with Gasteiger partial charge in [-0.3, -0.25) is 0 Å². The summed E-state index contributed by atoms with van der Waals surface area (Å²) in [6.07, 6.45) is 1.41. The van der Waals surface area contributed by atoms with E-state index in [9.17, 15) is 19.2 Å². The highest BCUT2D eigenvalue weighted by Crippen LogP contribution is 2.09. The first-order chi connectivity index (χ1) is 13.4. The maximum absolute atomic E-state index is 11.5. The summed E-state index contributed by atoms with van der Waals surface area (Å²) in [5.74, 6) is -2.82. The molecule has 2 bridgehead atoms. The van der Waals surface area contributed by atoms with Crippen LogP contribution in [0.5, 0.6) is 0 Å². The van der Waals surface area contributed by atoms with E-state index >= 15 is 0 Å². The van der Waals surface area contributed by atoms with Gasteiger partial charge in [-0.05, 0) is 61.4 Å². The van der Waals surface area contributed by atoms with E-state index in [0.717, 1.165) is 0 Å². The van der Waals surface area contributed by atoms with E-state index in [2.05, 4.69) is 0 Å². The van der Waals surface area contributed by atoms with Crippen LogP contribution in [-0.4, -0.2) is 47.3 Å². The van der Waals surface area contributed by atoms with Gasteiger partial charge in [0.2, 0.25) is 0 Å². The smallest absolute Gasteiger partial charge is 0.338 e. The Bertz CT molecular complexity index is 781. The fourth-order valence-electron chi connectivity index (χ4n) is 2.20. The van der Waals surface area contributed by atoms with Gasteiger partial charge in [0, 0.05) is 0 Å². The summed E-state index contributed by atoms with van der Waals surface area (Å²) in [7, 11) is 0. The minimum atomic E-state index is -1.06. The van der Waals surface area contributed by atoms with E-state index in [1.54, 1.807) is 24.3 Å². The molecule has 2 aromatic carbocycles. The van der Waals surface area contributed by atoms with Crippen LogP contribution in [0.2, 0.25) is 0 Å². The summed E-state index contributed by atoms with van der Waals surface area (Å²) in [6.45, 7) is 0.719. The van der Waals surface area contributed by atoms with Gasteiger partial charge in [-0.25, -0.2) is 19.2 Å². The van der Waals surface area contributed by atoms with Gasteiger partial charge in [0.1, 0.15) is 0 Å². The molecule has 4 rings (SSSR count). The van der Waals surface area contributed by atoms with Crippen molar-refractivity contribution < 1.29 is 38.9 Å². The van der Waals surface area contributed by atoms with Crippen molar-refractivity contribution >= 4 is 23.9 Å². The molecular weight excluding hydrogens is 368 g/mol. The number of carbonyl (C=O) groups excluding carboxylic acids is 2. The lowest BCUT2D eigenvalue weighted by atomic mass is 10.1. The minimum Gasteiger partial charge on any atom is -0.478 e. The molecule has 0 saturated heterocycles. The molecule has 0 spiro atoms. The molecule has 2 aliphatic heterocycles. The lowest BCUT2D eigenvalue weighted by molar-refractivity contribution is 0.0427. The van der Waals surface area contributed by atoms with Gasteiger partial charge in [-0.1, -0.05) is 0 Å². The first kappa shape index (κ1) is 20.6. The number of ether oxygens (including phenoxy) is 2. The zero-order valence-electron chi connectivity index (χ0n) is 14.8. The van der Waals surface area contributed by atoms with Crippen LogP contribution in [0, 0.1) is 0 Å². The fourth-order valence-corrected chi connectivity index (χ4v) is 2.20. The van der Waals surface area contributed by atoms with Crippen LogP contribution < -0.4 is 0 Å². The van der Waals surface area contributed by atoms with Gasteiger partial charge < -0.3 is 19.7 Å². The largest absolute Gasteiger partial charge is 0.478 e. The van der Waals surface area contributed by atoms with Crippen molar-refractivity contribution in [2.75, 3.05) is 13.2 Å². The van der Waals surface area contributed by atoms with Crippen molar-refractivity contribution in [2.24, 2.45) is 0 Å². The molecular formula is C20H18O8. The Labute approximate surface area is 160 Å². The predicted octanol–water partition coefficient (Wildman–Crippen LogP) is 2.88. The second kappa shape index (κ2) is 9.86. The first-order valence-corrected chi connectivity index (χ1v) is 8.39. The zero-order chi connectivity index (χ0) is 20.5. The number of fused-ring (bicyclic) bond motifs is 9. The molecule has 2 N–H and O–H groups in total. The van der Waals surface area contributed by atoms with Crippen LogP contribution in [0.1, 0.15) is 54.3 Å². The highest BCUT2D eigenvalue weighted by atomic mass is 16.5. The van der Waals surface area contributed by atoms with Crippen molar-refractivity contribution in [3.8, 4) is 0 Å². The second-order valence-corrected chi connectivity index (χ2v) is 5.74. The minimum absolute atomic E-state index is 0.0833. The van der Waals surface area contributed by atoms with Crippen LogP contribution in [0.4, 0.5) is 0 Å². The Hall–Kier alpha value is -3.68. The molecule has 0 radical (unpaired) electrons. The maximum atomic E-state index is 11.5. The molecule has 0 amide bonds. The molecule has 8 heteroatoms. The maximum Gasteiger partial charge on any atom is 0.338 e. The normalized spacial score (nSPS) is 13.7. The molecule has 0 unspecified atom stereocenters. The fraction of sp³-hybridized carbons (Fsp3) is 0.200. The predicted molar refractivity (Wildman–Crippen MR) is 96.6 cm³/mol. The number of carbonyl (C=O) groups is 4. The molecule has 0 aromatic heterocycles. The number of hydrogen-bond donors (Lipinski definition) is 2. The van der Waals surface area contributed by atoms with E-state index in [1.165, 1.54) is 24.3 Å². The van der Waals surface area contributed by atoms with Gasteiger partial charge in [-0.15, -0.1) is 0 Å². The summed E-state index contributed by atoms with van der Waals surface area (Å²) in [4.78, 5) is 43.6. The first-order valence-electron chi connectivity index (χ1n) is 8.39. The lowest BCUT2D eigenvalue weighted by Gasteiger charge is -2.09. The highest BCUT2D eigenvalue weighted by Gasteiger charge is 2.12. The van der Waals surface area contributed by atoms with E-state index in [4.69, 9.17) is 19.7 Å². The topological polar surface area (TPSA) is 127 Å². The van der Waals surface area contributed by atoms with Crippen molar-refractivity contribution in [2.45, 2.75) is 12.8 Å². The van der Waals surface area contributed by atoms with E-state index in [0.29, 0.717) is 37.2 Å². The van der Waals surface area contributed by atoms with Crippen molar-refractivity contribution in [1.29, 1.82) is 0 Å². The number of carboxylic acids is 2. The Morgan fingerprint density at radius 2 is 0.964 bits per heavy atom. The van der Waals surface area contributed by atoms with E-state index in [-0.39, 0.29) is 23.1 Å². The lowest BCUT2D eigenvalue weighted by Crippen LogP contribution is -2.12. The number of carboxylic acid groups (broad SMARTS) is 2. The zero-order valence-corrected chi connectivity index (χ0v) is 14.8. The molecule has 2 aliphatic rings. The molecule has 28 heavy (non-hydrogen) atoms. The molecule has 0 atom stereocenters. The number of rotatable bonds is 2. The van der Waals surface area contributed by atoms with Crippen LogP contribution >= 0.6 is 0 Å². The third kappa shape index (κ3) is 5.94. The molecule has 8 nitrogen and oxygen atoms in total. The Kier molecular flexibility index (Phi) is 7.27. The molecule has 0 fully saturated rings. The average Bonchev–Trinajstić information content (AvgIpc) is 2.70. The molecule has 0 saturated carbocycles. The average molecular weight is 386 g/mol. The third-order valence-corrected chi connectivity index (χ3v) is 3.74. The highest BCUT2D eigenvalue weighted by molar-refractivity contribution is 5.93. The number of esters is 2. The van der Waals surface area contributed by atoms with Gasteiger partial charge >= 0.3 is 23.9 Å². The number of benzene rings is 2. The van der Waals surface area contributed by atoms with E-state index in [1.807, 2.05) is 0 Å². The van der Waals surface area contributed by atoms with Gasteiger partial charge in [0.25, 0.3) is 0 Å². The van der Waals surface area contributed by atoms with Crippen molar-refractivity contribution in [3.63, 3.8) is 0 Å². The Balaban J connectivity index is 0.000000209. The molecule has 2 aromatic rings. The summed E-state index contributed by atoms with van der Waals surface area (Å²) in [6, 6.07) is 11.3. The standard InChI is InChI=1S/C12H12O4.C8H6O4/c13-11-9-3-5-10(6-4-9)12(14)16-8-2-1-7-15-11;9-7(10)5-1-2-6(4-3-5)8(11)12/h3-6H,1-2,7-8H2;1-4H,(H,9,10)(H,11,12). The van der Waals surface area contributed by atoms with Crippen LogP contribution in [0.25, 0.3) is 0 Å². The Morgan fingerprint density at radius 3 is 1.25 bits per heavy atom. The third-order valence-electron chi connectivity index (χ3n) is 3.74. The van der Waals surface area contributed by atoms with Crippen molar-refractivity contribution in [1.82, 2.24) is 0 Å². The number of hydrogen-bond acceptors (Lipinski definition) is 6.